The predicted octanol–water partition coefficient (Wildman–Crippen LogP) is 1.68. The van der Waals surface area contributed by atoms with E-state index in [9.17, 15) is 4.79 Å². The van der Waals surface area contributed by atoms with E-state index in [1.54, 1.807) is 0 Å². The number of nitrogens with two attached hydrogens (primary N) is 1. The van der Waals surface area contributed by atoms with Gasteiger partial charge in [-0.3, -0.25) is 4.79 Å². The summed E-state index contributed by atoms with van der Waals surface area (Å²) < 4.78 is 5.30. The van der Waals surface area contributed by atoms with Crippen LogP contribution in [0, 0.1) is 5.92 Å². The van der Waals surface area contributed by atoms with Crippen LogP contribution in [0.4, 0.5) is 0 Å². The van der Waals surface area contributed by atoms with E-state index < -0.39 is 0 Å². The Morgan fingerprint density at radius 2 is 2.06 bits per heavy atom. The molecule has 3 N–H and O–H groups in total. The molecule has 0 radical (unpaired) electrons. The first-order valence-electron chi connectivity index (χ1n) is 6.67. The van der Waals surface area contributed by atoms with Gasteiger partial charge in [-0.2, -0.15) is 0 Å². The normalized spacial score (nSPS) is 12.8. The van der Waals surface area contributed by atoms with Gasteiger partial charge in [0.2, 0.25) is 5.91 Å². The molecule has 0 heterocycles. The molecule has 102 valence electrons. The summed E-state index contributed by atoms with van der Waals surface area (Å²) >= 11 is 0. The zero-order valence-corrected chi connectivity index (χ0v) is 11.5. The van der Waals surface area contributed by atoms with Gasteiger partial charge >= 0.3 is 0 Å². The van der Waals surface area contributed by atoms with Gasteiger partial charge in [-0.15, -0.1) is 0 Å². The summed E-state index contributed by atoms with van der Waals surface area (Å²) in [7, 11) is 0. The lowest BCUT2D eigenvalue weighted by atomic mass is 10.0. The number of hydrogen-bond acceptors (Lipinski definition) is 3. The van der Waals surface area contributed by atoms with E-state index in [4.69, 9.17) is 10.5 Å². The molecule has 17 heavy (non-hydrogen) atoms. The maximum absolute atomic E-state index is 11.5. The van der Waals surface area contributed by atoms with Crippen LogP contribution in [0.15, 0.2) is 0 Å². The van der Waals surface area contributed by atoms with Crippen LogP contribution in [0.5, 0.6) is 0 Å². The van der Waals surface area contributed by atoms with Crippen LogP contribution < -0.4 is 11.1 Å². The van der Waals surface area contributed by atoms with Crippen molar-refractivity contribution < 1.29 is 9.53 Å². The van der Waals surface area contributed by atoms with Crippen LogP contribution in [-0.2, 0) is 9.53 Å². The number of hydrogen-bond donors (Lipinski definition) is 2. The van der Waals surface area contributed by atoms with E-state index in [0.29, 0.717) is 19.1 Å². The van der Waals surface area contributed by atoms with Gasteiger partial charge in [-0.05, 0) is 18.8 Å². The van der Waals surface area contributed by atoms with E-state index in [2.05, 4.69) is 26.1 Å². The molecule has 1 amide bonds. The minimum atomic E-state index is -0.0578. The number of carbonyl (C=O) groups excluding carboxylic acids is 1. The van der Waals surface area contributed by atoms with Crippen LogP contribution in [0.25, 0.3) is 0 Å². The van der Waals surface area contributed by atoms with Crippen molar-refractivity contribution in [3.8, 4) is 0 Å². The Morgan fingerprint density at radius 1 is 1.35 bits per heavy atom. The lowest BCUT2D eigenvalue weighted by Crippen LogP contribution is -2.42. The predicted molar refractivity (Wildman–Crippen MR) is 70.8 cm³/mol. The number of nitrogens with one attached hydrogen (secondary N) is 1. The fraction of sp³-hybridized carbons (Fsp3) is 0.923. The first kappa shape index (κ1) is 16.4. The number of ether oxygens (including phenoxy) is 1. The van der Waals surface area contributed by atoms with Gasteiger partial charge in [0.25, 0.3) is 0 Å². The van der Waals surface area contributed by atoms with E-state index in [1.165, 1.54) is 6.42 Å². The highest BCUT2D eigenvalue weighted by Gasteiger charge is 2.12. The summed E-state index contributed by atoms with van der Waals surface area (Å²) in [4.78, 5) is 11.5. The van der Waals surface area contributed by atoms with Gasteiger partial charge in [0.15, 0.2) is 0 Å². The molecule has 0 rings (SSSR count). The standard InChI is InChI=1S/C13H28N2O2/c1-4-5-6-7-17-10-13(16)15-12(9-14)8-11(2)3/h11-12H,4-10,14H2,1-3H3,(H,15,16). The van der Waals surface area contributed by atoms with Gasteiger partial charge in [-0.1, -0.05) is 33.6 Å². The zero-order valence-electron chi connectivity index (χ0n) is 11.5. The summed E-state index contributed by atoms with van der Waals surface area (Å²) in [6, 6.07) is 0.0711. The molecule has 0 saturated heterocycles. The Labute approximate surface area is 105 Å². The average molecular weight is 244 g/mol. The first-order valence-corrected chi connectivity index (χ1v) is 6.67. The fourth-order valence-electron chi connectivity index (χ4n) is 1.67. The largest absolute Gasteiger partial charge is 0.372 e. The van der Waals surface area contributed by atoms with Crippen LogP contribution in [0.1, 0.15) is 46.5 Å². The van der Waals surface area contributed by atoms with Crippen molar-refractivity contribution in [2.45, 2.75) is 52.5 Å². The highest BCUT2D eigenvalue weighted by Crippen LogP contribution is 2.03. The number of amides is 1. The number of carbonyl (C=O) groups is 1. The second kappa shape index (κ2) is 10.5. The molecule has 0 spiro atoms. The molecule has 4 nitrogen and oxygen atoms in total. The summed E-state index contributed by atoms with van der Waals surface area (Å²) in [6.07, 6.45) is 4.26. The number of rotatable bonds is 10. The minimum absolute atomic E-state index is 0.0578. The maximum atomic E-state index is 11.5. The Hall–Kier alpha value is -0.610. The summed E-state index contributed by atoms with van der Waals surface area (Å²) in [6.45, 7) is 7.69. The second-order valence-electron chi connectivity index (χ2n) is 4.89. The van der Waals surface area contributed by atoms with E-state index in [-0.39, 0.29) is 18.6 Å². The molecule has 1 atom stereocenters. The van der Waals surface area contributed by atoms with Gasteiger partial charge in [0.1, 0.15) is 6.61 Å². The molecule has 0 aliphatic heterocycles. The molecule has 0 aromatic heterocycles. The Morgan fingerprint density at radius 3 is 2.59 bits per heavy atom. The third-order valence-corrected chi connectivity index (χ3v) is 2.53. The molecule has 0 aromatic carbocycles. The van der Waals surface area contributed by atoms with Crippen molar-refractivity contribution in [2.75, 3.05) is 19.8 Å². The van der Waals surface area contributed by atoms with Crippen LogP contribution in [-0.4, -0.2) is 31.7 Å². The van der Waals surface area contributed by atoms with Crippen LogP contribution in [0.3, 0.4) is 0 Å². The molecule has 4 heteroatoms. The second-order valence-corrected chi connectivity index (χ2v) is 4.89. The third kappa shape index (κ3) is 10.3. The maximum Gasteiger partial charge on any atom is 0.246 e. The van der Waals surface area contributed by atoms with Crippen molar-refractivity contribution in [1.82, 2.24) is 5.32 Å². The van der Waals surface area contributed by atoms with Crippen LogP contribution in [0.2, 0.25) is 0 Å². The zero-order chi connectivity index (χ0) is 13.1. The lowest BCUT2D eigenvalue weighted by molar-refractivity contribution is -0.126. The van der Waals surface area contributed by atoms with Crippen LogP contribution >= 0.6 is 0 Å². The van der Waals surface area contributed by atoms with Gasteiger partial charge in [0.05, 0.1) is 0 Å². The minimum Gasteiger partial charge on any atom is -0.372 e. The molecule has 0 aliphatic carbocycles. The van der Waals surface area contributed by atoms with E-state index in [0.717, 1.165) is 19.3 Å². The highest BCUT2D eigenvalue weighted by atomic mass is 16.5. The SMILES string of the molecule is CCCCCOCC(=O)NC(CN)CC(C)C. The molecule has 0 aromatic rings. The first-order chi connectivity index (χ1) is 8.10. The van der Waals surface area contributed by atoms with Gasteiger partial charge < -0.3 is 15.8 Å². The fourth-order valence-corrected chi connectivity index (χ4v) is 1.67. The van der Waals surface area contributed by atoms with Crippen molar-refractivity contribution in [3.63, 3.8) is 0 Å². The van der Waals surface area contributed by atoms with Crippen molar-refractivity contribution in [1.29, 1.82) is 0 Å². The van der Waals surface area contributed by atoms with E-state index >= 15 is 0 Å². The molecule has 0 fully saturated rings. The molecular weight excluding hydrogens is 216 g/mol. The third-order valence-electron chi connectivity index (χ3n) is 2.53. The van der Waals surface area contributed by atoms with Crippen molar-refractivity contribution in [3.05, 3.63) is 0 Å². The average Bonchev–Trinajstić information content (AvgIpc) is 2.27. The summed E-state index contributed by atoms with van der Waals surface area (Å²) in [5.74, 6) is 0.479. The smallest absolute Gasteiger partial charge is 0.246 e. The van der Waals surface area contributed by atoms with Crippen molar-refractivity contribution in [2.24, 2.45) is 11.7 Å². The summed E-state index contributed by atoms with van der Waals surface area (Å²) in [5.41, 5.74) is 5.61. The Kier molecular flexibility index (Phi) is 10.2. The molecule has 1 unspecified atom stereocenters. The van der Waals surface area contributed by atoms with Gasteiger partial charge in [0, 0.05) is 19.2 Å². The number of unbranched alkanes of at least 4 members (excludes halogenated alkanes) is 2. The Balaban J connectivity index is 3.61. The quantitative estimate of drug-likeness (QED) is 0.575. The van der Waals surface area contributed by atoms with Gasteiger partial charge in [-0.25, -0.2) is 0 Å². The summed E-state index contributed by atoms with van der Waals surface area (Å²) in [5, 5.41) is 2.90. The molecule has 0 bridgehead atoms. The monoisotopic (exact) mass is 244 g/mol. The Bertz CT molecular complexity index is 196. The lowest BCUT2D eigenvalue weighted by Gasteiger charge is -2.18. The molecule has 0 aliphatic rings. The van der Waals surface area contributed by atoms with Crippen molar-refractivity contribution >= 4 is 5.91 Å². The molecular formula is C13H28N2O2. The topological polar surface area (TPSA) is 64.3 Å². The highest BCUT2D eigenvalue weighted by molar-refractivity contribution is 5.77. The molecule has 0 saturated carbocycles. The van der Waals surface area contributed by atoms with E-state index in [1.807, 2.05) is 0 Å².